The molecule has 5 atom stereocenters. The Morgan fingerprint density at radius 1 is 1.23 bits per heavy atom. The lowest BCUT2D eigenvalue weighted by atomic mass is 9.70. The van der Waals surface area contributed by atoms with E-state index >= 15 is 0 Å². The number of benzene rings is 1. The minimum atomic E-state index is -0.622. The molecular formula is C28H42N2O5. The van der Waals surface area contributed by atoms with Gasteiger partial charge < -0.3 is 24.4 Å². The van der Waals surface area contributed by atoms with Gasteiger partial charge in [-0.05, 0) is 71.9 Å². The summed E-state index contributed by atoms with van der Waals surface area (Å²) >= 11 is 0. The maximum atomic E-state index is 13.5. The van der Waals surface area contributed by atoms with Crippen molar-refractivity contribution in [1.29, 1.82) is 0 Å². The van der Waals surface area contributed by atoms with Crippen molar-refractivity contribution in [1.82, 2.24) is 10.2 Å². The Morgan fingerprint density at radius 3 is 2.60 bits per heavy atom. The molecule has 0 bridgehead atoms. The molecule has 1 aromatic rings. The number of hydrogen-bond donors (Lipinski definition) is 1. The molecule has 3 aliphatic rings. The van der Waals surface area contributed by atoms with Gasteiger partial charge in [-0.3, -0.25) is 4.79 Å². The molecule has 2 amide bonds. The number of fused-ring (bicyclic) bond motifs is 4. The Kier molecular flexibility index (Phi) is 6.86. The molecule has 3 aliphatic heterocycles. The first-order chi connectivity index (χ1) is 16.2. The Bertz CT molecular complexity index is 967. The summed E-state index contributed by atoms with van der Waals surface area (Å²) in [5.41, 5.74) is 1.34. The molecule has 4 rings (SSSR count). The van der Waals surface area contributed by atoms with Crippen molar-refractivity contribution in [2.24, 2.45) is 17.8 Å². The number of likely N-dealkylation sites (tertiary alicyclic amines) is 1. The van der Waals surface area contributed by atoms with Crippen molar-refractivity contribution in [3.63, 3.8) is 0 Å². The number of nitrogens with one attached hydrogen (secondary N) is 1. The molecule has 7 nitrogen and oxygen atoms in total. The molecule has 0 saturated carbocycles. The van der Waals surface area contributed by atoms with Gasteiger partial charge in [0.1, 0.15) is 23.0 Å². The molecular weight excluding hydrogens is 444 g/mol. The van der Waals surface area contributed by atoms with E-state index in [1.165, 1.54) is 5.56 Å². The fourth-order valence-corrected chi connectivity index (χ4v) is 5.76. The Balaban J connectivity index is 1.47. The highest BCUT2D eigenvalue weighted by Gasteiger charge is 2.52. The lowest BCUT2D eigenvalue weighted by Crippen LogP contribution is -2.59. The number of hydrogen-bond acceptors (Lipinski definition) is 5. The molecule has 1 aromatic carbocycles. The quantitative estimate of drug-likeness (QED) is 0.650. The van der Waals surface area contributed by atoms with Crippen molar-refractivity contribution >= 4 is 12.0 Å². The summed E-state index contributed by atoms with van der Waals surface area (Å²) in [6.45, 7) is 17.0. The van der Waals surface area contributed by atoms with Gasteiger partial charge >= 0.3 is 6.09 Å². The second-order valence-corrected chi connectivity index (χ2v) is 12.4. The number of carbonyl (C=O) groups is 2. The van der Waals surface area contributed by atoms with Crippen LogP contribution in [-0.4, -0.2) is 53.3 Å². The van der Waals surface area contributed by atoms with Crippen molar-refractivity contribution in [3.8, 4) is 5.75 Å². The Labute approximate surface area is 209 Å². The van der Waals surface area contributed by atoms with Gasteiger partial charge in [-0.2, -0.15) is 0 Å². The van der Waals surface area contributed by atoms with Crippen LogP contribution in [0.2, 0.25) is 0 Å². The fourth-order valence-electron chi connectivity index (χ4n) is 5.76. The number of nitrogens with zero attached hydrogens (tertiary/aromatic N) is 1. The lowest BCUT2D eigenvalue weighted by Gasteiger charge is -2.53. The zero-order valence-electron chi connectivity index (χ0n) is 22.5. The van der Waals surface area contributed by atoms with Crippen LogP contribution in [0, 0.1) is 24.7 Å². The van der Waals surface area contributed by atoms with E-state index in [-0.39, 0.29) is 41.5 Å². The van der Waals surface area contributed by atoms with Crippen LogP contribution in [0.3, 0.4) is 0 Å². The predicted molar refractivity (Wildman–Crippen MR) is 134 cm³/mol. The molecule has 2 fully saturated rings. The third-order valence-corrected chi connectivity index (χ3v) is 7.57. The van der Waals surface area contributed by atoms with Crippen molar-refractivity contribution in [3.05, 3.63) is 29.3 Å². The van der Waals surface area contributed by atoms with E-state index in [0.717, 1.165) is 24.2 Å². The predicted octanol–water partition coefficient (Wildman–Crippen LogP) is 5.01. The minimum Gasteiger partial charge on any atom is -0.487 e. The summed E-state index contributed by atoms with van der Waals surface area (Å²) in [4.78, 5) is 27.8. The van der Waals surface area contributed by atoms with Crippen LogP contribution in [0.1, 0.15) is 78.5 Å². The first kappa shape index (κ1) is 25.8. The van der Waals surface area contributed by atoms with Gasteiger partial charge in [0.25, 0.3) is 0 Å². The van der Waals surface area contributed by atoms with E-state index in [1.807, 2.05) is 39.5 Å². The number of carbonyl (C=O) groups excluding carboxylic acids is 2. The van der Waals surface area contributed by atoms with E-state index in [9.17, 15) is 9.59 Å². The third kappa shape index (κ3) is 5.45. The van der Waals surface area contributed by atoms with Gasteiger partial charge in [0, 0.05) is 30.5 Å². The maximum Gasteiger partial charge on any atom is 0.408 e. The number of aryl methyl sites for hydroxylation is 1. The summed E-state index contributed by atoms with van der Waals surface area (Å²) in [7, 11) is 0. The highest BCUT2D eigenvalue weighted by atomic mass is 16.6. The van der Waals surface area contributed by atoms with Crippen molar-refractivity contribution in [2.45, 2.75) is 97.7 Å². The van der Waals surface area contributed by atoms with Crippen LogP contribution in [0.5, 0.6) is 5.75 Å². The zero-order chi connectivity index (χ0) is 25.7. The molecule has 0 unspecified atom stereocenters. The number of piperidine rings is 1. The maximum absolute atomic E-state index is 13.5. The lowest BCUT2D eigenvalue weighted by molar-refractivity contribution is -0.189. The largest absolute Gasteiger partial charge is 0.487 e. The van der Waals surface area contributed by atoms with Crippen LogP contribution in [0.15, 0.2) is 18.2 Å². The molecule has 1 N–H and O–H groups in total. The third-order valence-electron chi connectivity index (χ3n) is 7.57. The van der Waals surface area contributed by atoms with Gasteiger partial charge in [-0.15, -0.1) is 0 Å². The van der Waals surface area contributed by atoms with Crippen LogP contribution in [-0.2, 0) is 14.3 Å². The summed E-state index contributed by atoms with van der Waals surface area (Å²) in [5.74, 6) is 1.26. The second-order valence-electron chi connectivity index (χ2n) is 12.4. The minimum absolute atomic E-state index is 0.00935. The smallest absolute Gasteiger partial charge is 0.408 e. The van der Waals surface area contributed by atoms with E-state index in [2.05, 4.69) is 44.3 Å². The highest BCUT2D eigenvalue weighted by Crippen LogP contribution is 2.53. The van der Waals surface area contributed by atoms with Gasteiger partial charge in [0.05, 0.1) is 12.2 Å². The van der Waals surface area contributed by atoms with Crippen molar-refractivity contribution in [2.75, 3.05) is 13.1 Å². The van der Waals surface area contributed by atoms with Gasteiger partial charge in [0.15, 0.2) is 0 Å². The molecule has 35 heavy (non-hydrogen) atoms. The monoisotopic (exact) mass is 486 g/mol. The first-order valence-corrected chi connectivity index (χ1v) is 13.0. The molecule has 7 heteroatoms. The second kappa shape index (κ2) is 9.30. The average molecular weight is 487 g/mol. The van der Waals surface area contributed by atoms with Gasteiger partial charge in [-0.1, -0.05) is 26.0 Å². The first-order valence-electron chi connectivity index (χ1n) is 13.0. The van der Waals surface area contributed by atoms with E-state index in [1.54, 1.807) is 0 Å². The summed E-state index contributed by atoms with van der Waals surface area (Å²) in [6, 6.07) is 5.75. The van der Waals surface area contributed by atoms with Gasteiger partial charge in [-0.25, -0.2) is 4.79 Å². The van der Waals surface area contributed by atoms with Crippen LogP contribution in [0.25, 0.3) is 0 Å². The topological polar surface area (TPSA) is 77.1 Å². The average Bonchev–Trinajstić information content (AvgIpc) is 2.73. The van der Waals surface area contributed by atoms with Crippen LogP contribution < -0.4 is 10.1 Å². The number of ether oxygens (including phenoxy) is 3. The molecule has 0 aliphatic carbocycles. The molecule has 194 valence electrons. The van der Waals surface area contributed by atoms with Crippen LogP contribution in [0.4, 0.5) is 4.79 Å². The zero-order valence-corrected chi connectivity index (χ0v) is 22.5. The Hall–Kier alpha value is -2.28. The van der Waals surface area contributed by atoms with Gasteiger partial charge in [0.2, 0.25) is 5.91 Å². The molecule has 0 aromatic heterocycles. The normalized spacial score (nSPS) is 28.2. The molecule has 2 saturated heterocycles. The SMILES string of the molecule is Cc1ccc2c(c1)OC(C)(C)[C@@H]1C[C@H]3CN(C(=O)[C@H](NC(=O)OC(C)(C)C)C(C)C)CC[C@H]3O[C@@H]21. The number of alkyl carbamates (subject to hydrolysis) is 1. The van der Waals surface area contributed by atoms with Crippen LogP contribution >= 0.6 is 0 Å². The summed E-state index contributed by atoms with van der Waals surface area (Å²) in [5, 5.41) is 2.81. The van der Waals surface area contributed by atoms with E-state index < -0.39 is 17.7 Å². The van der Waals surface area contributed by atoms with E-state index in [4.69, 9.17) is 14.2 Å². The Morgan fingerprint density at radius 2 is 1.94 bits per heavy atom. The summed E-state index contributed by atoms with van der Waals surface area (Å²) < 4.78 is 18.6. The summed E-state index contributed by atoms with van der Waals surface area (Å²) in [6.07, 6.45) is 1.29. The highest BCUT2D eigenvalue weighted by molar-refractivity contribution is 5.86. The number of amides is 2. The molecule has 0 spiro atoms. The number of rotatable bonds is 3. The molecule has 3 heterocycles. The molecule has 0 radical (unpaired) electrons. The fraction of sp³-hybridized carbons (Fsp3) is 0.714. The van der Waals surface area contributed by atoms with E-state index in [0.29, 0.717) is 13.1 Å². The standard InChI is InChI=1S/C28H42N2O5/c1-16(2)23(29-26(32)35-27(4,5)6)25(31)30-12-11-21-18(15-30)14-20-24(33-21)19-10-9-17(3)13-22(19)34-28(20,7)8/h9-10,13,16,18,20-21,23-24H,11-12,14-15H2,1-8H3,(H,29,32)/t18-,20+,21+,23+,24-/m0/s1. The van der Waals surface area contributed by atoms with Crippen molar-refractivity contribution < 1.29 is 23.8 Å².